The van der Waals surface area contributed by atoms with Gasteiger partial charge in [-0.3, -0.25) is 0 Å². The van der Waals surface area contributed by atoms with E-state index in [1.807, 2.05) is 6.08 Å². The molecule has 0 N–H and O–H groups in total. The van der Waals surface area contributed by atoms with Crippen molar-refractivity contribution in [1.29, 1.82) is 0 Å². The molecular formula is C11H17LiO. The summed E-state index contributed by atoms with van der Waals surface area (Å²) in [5.74, 6) is 1.68. The van der Waals surface area contributed by atoms with E-state index in [4.69, 9.17) is 0 Å². The normalized spacial score (nSPS) is 43.4. The molecule has 0 aromatic carbocycles. The standard InChI is InChI=1S/C11H18O.Li/c1-8-4-3-5-9(2)11(8)7-6-10(11)12;/h6,8-9,12H,3-5,7H2,1-2H3;/q;+1/p-1. The fraction of sp³-hybridized carbons (Fsp3) is 0.818. The monoisotopic (exact) mass is 172 g/mol. The van der Waals surface area contributed by atoms with Gasteiger partial charge in [-0.25, -0.2) is 0 Å². The Bertz CT molecular complexity index is 212. The molecule has 0 aromatic heterocycles. The van der Waals surface area contributed by atoms with Gasteiger partial charge in [0.2, 0.25) is 0 Å². The average molecular weight is 172 g/mol. The quantitative estimate of drug-likeness (QED) is 0.433. The van der Waals surface area contributed by atoms with Crippen LogP contribution in [-0.2, 0) is 0 Å². The molecule has 1 fully saturated rings. The van der Waals surface area contributed by atoms with Gasteiger partial charge in [0.05, 0.1) is 0 Å². The molecule has 0 bridgehead atoms. The Labute approximate surface area is 92.8 Å². The summed E-state index contributed by atoms with van der Waals surface area (Å²) >= 11 is 0. The first-order valence-electron chi connectivity index (χ1n) is 5.05. The number of hydrogen-bond acceptors (Lipinski definition) is 1. The maximum atomic E-state index is 11.6. The molecule has 0 aliphatic heterocycles. The number of rotatable bonds is 0. The van der Waals surface area contributed by atoms with E-state index >= 15 is 0 Å². The molecule has 2 atom stereocenters. The molecule has 2 unspecified atom stereocenters. The summed E-state index contributed by atoms with van der Waals surface area (Å²) in [6.07, 6.45) is 6.75. The van der Waals surface area contributed by atoms with Crippen LogP contribution in [0.25, 0.3) is 0 Å². The first kappa shape index (κ1) is 11.2. The molecule has 2 aliphatic rings. The third kappa shape index (κ3) is 1.37. The van der Waals surface area contributed by atoms with Crippen molar-refractivity contribution in [2.24, 2.45) is 17.3 Å². The fourth-order valence-corrected chi connectivity index (χ4v) is 3.04. The summed E-state index contributed by atoms with van der Waals surface area (Å²) in [5.41, 5.74) is 0.0816. The van der Waals surface area contributed by atoms with Gasteiger partial charge in [0.15, 0.2) is 0 Å². The van der Waals surface area contributed by atoms with Crippen LogP contribution in [0.1, 0.15) is 39.5 Å². The first-order valence-corrected chi connectivity index (χ1v) is 5.05. The van der Waals surface area contributed by atoms with Crippen molar-refractivity contribution in [3.8, 4) is 0 Å². The topological polar surface area (TPSA) is 23.1 Å². The van der Waals surface area contributed by atoms with Crippen LogP contribution in [0.15, 0.2) is 11.8 Å². The van der Waals surface area contributed by atoms with Gasteiger partial charge in [0.25, 0.3) is 0 Å². The smallest absolute Gasteiger partial charge is 0.875 e. The van der Waals surface area contributed by atoms with Crippen molar-refractivity contribution in [3.05, 3.63) is 11.8 Å². The van der Waals surface area contributed by atoms with Crippen molar-refractivity contribution in [1.82, 2.24) is 0 Å². The second kappa shape index (κ2) is 3.71. The largest absolute Gasteiger partial charge is 1.00 e. The van der Waals surface area contributed by atoms with Crippen LogP contribution in [0, 0.1) is 17.3 Å². The van der Waals surface area contributed by atoms with Crippen LogP contribution in [0.3, 0.4) is 0 Å². The van der Waals surface area contributed by atoms with Crippen LogP contribution >= 0.6 is 0 Å². The molecule has 1 saturated carbocycles. The summed E-state index contributed by atoms with van der Waals surface area (Å²) in [5, 5.41) is 11.6. The minimum absolute atomic E-state index is 0. The van der Waals surface area contributed by atoms with Crippen molar-refractivity contribution in [2.75, 3.05) is 0 Å². The van der Waals surface area contributed by atoms with Crippen LogP contribution in [0.5, 0.6) is 0 Å². The summed E-state index contributed by atoms with van der Waals surface area (Å²) in [6, 6.07) is 0. The third-order valence-corrected chi connectivity index (χ3v) is 4.12. The minimum Gasteiger partial charge on any atom is -0.875 e. The average Bonchev–Trinajstić information content (AvgIpc) is 2.02. The maximum absolute atomic E-state index is 11.6. The molecule has 1 spiro atoms. The van der Waals surface area contributed by atoms with E-state index < -0.39 is 0 Å². The minimum atomic E-state index is 0. The molecule has 2 heteroatoms. The maximum Gasteiger partial charge on any atom is 1.00 e. The van der Waals surface area contributed by atoms with Crippen LogP contribution in [-0.4, -0.2) is 0 Å². The third-order valence-electron chi connectivity index (χ3n) is 4.12. The Balaban J connectivity index is 0.000000845. The molecule has 13 heavy (non-hydrogen) atoms. The van der Waals surface area contributed by atoms with Gasteiger partial charge in [-0.05, 0) is 36.5 Å². The molecule has 1 nitrogen and oxygen atoms in total. The Morgan fingerprint density at radius 3 is 2.08 bits per heavy atom. The van der Waals surface area contributed by atoms with Crippen LogP contribution < -0.4 is 24.0 Å². The van der Waals surface area contributed by atoms with E-state index in [2.05, 4.69) is 13.8 Å². The van der Waals surface area contributed by atoms with E-state index in [0.717, 1.165) is 6.42 Å². The molecule has 0 saturated heterocycles. The summed E-state index contributed by atoms with van der Waals surface area (Å²) in [7, 11) is 0. The second-order valence-corrected chi connectivity index (χ2v) is 4.55. The molecule has 0 amide bonds. The van der Waals surface area contributed by atoms with Gasteiger partial charge in [0, 0.05) is 0 Å². The van der Waals surface area contributed by atoms with Crippen LogP contribution in [0.2, 0.25) is 0 Å². The molecule has 0 heterocycles. The summed E-state index contributed by atoms with van der Waals surface area (Å²) < 4.78 is 0. The summed E-state index contributed by atoms with van der Waals surface area (Å²) in [6.45, 7) is 4.50. The van der Waals surface area contributed by atoms with Crippen molar-refractivity contribution < 1.29 is 24.0 Å². The molecular weight excluding hydrogens is 155 g/mol. The van der Waals surface area contributed by atoms with Crippen molar-refractivity contribution in [3.63, 3.8) is 0 Å². The van der Waals surface area contributed by atoms with E-state index in [1.165, 1.54) is 19.3 Å². The Kier molecular flexibility index (Phi) is 3.20. The molecule has 68 valence electrons. The van der Waals surface area contributed by atoms with E-state index in [9.17, 15) is 5.11 Å². The van der Waals surface area contributed by atoms with Gasteiger partial charge in [-0.2, -0.15) is 0 Å². The molecule has 0 radical (unpaired) electrons. The van der Waals surface area contributed by atoms with E-state index in [0.29, 0.717) is 17.6 Å². The zero-order valence-corrected chi connectivity index (χ0v) is 8.97. The SMILES string of the molecule is CC1CCCC(C)C12CC=C2[O-].[Li+]. The first-order chi connectivity index (χ1) is 5.68. The van der Waals surface area contributed by atoms with Gasteiger partial charge in [0.1, 0.15) is 0 Å². The van der Waals surface area contributed by atoms with E-state index in [-0.39, 0.29) is 24.3 Å². The predicted octanol–water partition coefficient (Wildman–Crippen LogP) is -0.919. The number of allylic oxidation sites excluding steroid dienone is 2. The van der Waals surface area contributed by atoms with Gasteiger partial charge in [-0.15, -0.1) is 5.76 Å². The number of hydrogen-bond donors (Lipinski definition) is 0. The molecule has 2 aliphatic carbocycles. The Morgan fingerprint density at radius 1 is 1.31 bits per heavy atom. The Hall–Kier alpha value is 0.137. The van der Waals surface area contributed by atoms with Crippen molar-refractivity contribution >= 4 is 0 Å². The van der Waals surface area contributed by atoms with Crippen molar-refractivity contribution in [2.45, 2.75) is 39.5 Å². The van der Waals surface area contributed by atoms with Gasteiger partial charge >= 0.3 is 18.9 Å². The predicted molar refractivity (Wildman–Crippen MR) is 47.3 cm³/mol. The zero-order chi connectivity index (χ0) is 8.77. The zero-order valence-electron chi connectivity index (χ0n) is 8.97. The van der Waals surface area contributed by atoms with Gasteiger partial charge < -0.3 is 5.11 Å². The summed E-state index contributed by atoms with van der Waals surface area (Å²) in [4.78, 5) is 0. The van der Waals surface area contributed by atoms with Gasteiger partial charge in [-0.1, -0.05) is 26.3 Å². The Morgan fingerprint density at radius 2 is 1.85 bits per heavy atom. The second-order valence-electron chi connectivity index (χ2n) is 4.55. The van der Waals surface area contributed by atoms with Crippen LogP contribution in [0.4, 0.5) is 0 Å². The fourth-order valence-electron chi connectivity index (χ4n) is 3.04. The van der Waals surface area contributed by atoms with E-state index in [1.54, 1.807) is 0 Å². The molecule has 2 rings (SSSR count). The molecule has 0 aromatic rings.